The first-order valence-electron chi connectivity index (χ1n) is 8.80. The van der Waals surface area contributed by atoms with Crippen molar-refractivity contribution < 1.29 is 9.53 Å². The minimum atomic E-state index is -0.368. The van der Waals surface area contributed by atoms with Crippen LogP contribution >= 0.6 is 0 Å². The van der Waals surface area contributed by atoms with Crippen molar-refractivity contribution in [3.05, 3.63) is 83.6 Å². The van der Waals surface area contributed by atoms with Gasteiger partial charge in [0.2, 0.25) is 5.95 Å². The maximum Gasteiger partial charge on any atom is 0.337 e. The summed E-state index contributed by atoms with van der Waals surface area (Å²) in [7, 11) is 1.36. The van der Waals surface area contributed by atoms with Crippen LogP contribution < -0.4 is 5.73 Å². The maximum absolute atomic E-state index is 11.6. The minimum Gasteiger partial charge on any atom is -0.465 e. The Morgan fingerprint density at radius 1 is 0.929 bits per heavy atom. The van der Waals surface area contributed by atoms with Crippen LogP contribution in [0.5, 0.6) is 0 Å². The van der Waals surface area contributed by atoms with E-state index >= 15 is 0 Å². The van der Waals surface area contributed by atoms with Crippen molar-refractivity contribution in [2.24, 2.45) is 0 Å². The Kier molecular flexibility index (Phi) is 4.68. The van der Waals surface area contributed by atoms with Gasteiger partial charge in [-0.1, -0.05) is 42.5 Å². The molecule has 0 aliphatic heterocycles. The number of nitrogens with two attached hydrogens (primary N) is 1. The lowest BCUT2D eigenvalue weighted by atomic mass is 10.1. The summed E-state index contributed by atoms with van der Waals surface area (Å²) in [4.78, 5) is 25.1. The van der Waals surface area contributed by atoms with Crippen molar-refractivity contribution in [2.75, 3.05) is 12.8 Å². The molecular formula is C22H18N4O2. The van der Waals surface area contributed by atoms with Gasteiger partial charge in [0.1, 0.15) is 5.52 Å². The largest absolute Gasteiger partial charge is 0.465 e. The molecule has 28 heavy (non-hydrogen) atoms. The number of ether oxygens (including phenoxy) is 1. The zero-order valence-corrected chi connectivity index (χ0v) is 15.3. The van der Waals surface area contributed by atoms with Crippen LogP contribution in [0.25, 0.3) is 22.3 Å². The van der Waals surface area contributed by atoms with Crippen molar-refractivity contribution >= 4 is 23.0 Å². The molecular weight excluding hydrogens is 352 g/mol. The van der Waals surface area contributed by atoms with Gasteiger partial charge in [-0.15, -0.1) is 0 Å². The number of benzene rings is 2. The monoisotopic (exact) mass is 370 g/mol. The third kappa shape index (κ3) is 3.53. The molecule has 0 fully saturated rings. The number of esters is 1. The average molecular weight is 370 g/mol. The summed E-state index contributed by atoms with van der Waals surface area (Å²) in [5.41, 5.74) is 11.4. The molecule has 0 aliphatic rings. The highest BCUT2D eigenvalue weighted by atomic mass is 16.5. The Labute approximate surface area is 162 Å². The molecule has 0 radical (unpaired) electrons. The van der Waals surface area contributed by atoms with Crippen LogP contribution in [-0.4, -0.2) is 28.0 Å². The SMILES string of the molecule is COC(=O)c1ccc(-c2ccc3nc(N)nc(Cc4ccccc4)c3n2)cc1. The van der Waals surface area contributed by atoms with E-state index in [1.807, 2.05) is 54.6 Å². The molecule has 6 heteroatoms. The third-order valence-corrected chi connectivity index (χ3v) is 4.45. The molecule has 6 nitrogen and oxygen atoms in total. The van der Waals surface area contributed by atoms with Gasteiger partial charge < -0.3 is 10.5 Å². The zero-order chi connectivity index (χ0) is 19.5. The molecule has 0 amide bonds. The predicted molar refractivity (Wildman–Crippen MR) is 108 cm³/mol. The minimum absolute atomic E-state index is 0.232. The topological polar surface area (TPSA) is 91.0 Å². The Bertz CT molecular complexity index is 1140. The molecule has 0 unspecified atom stereocenters. The van der Waals surface area contributed by atoms with Gasteiger partial charge in [0.15, 0.2) is 0 Å². The summed E-state index contributed by atoms with van der Waals surface area (Å²) >= 11 is 0. The first kappa shape index (κ1) is 17.6. The Hall–Kier alpha value is -3.80. The number of carbonyl (C=O) groups is 1. The third-order valence-electron chi connectivity index (χ3n) is 4.45. The van der Waals surface area contributed by atoms with Crippen LogP contribution in [-0.2, 0) is 11.2 Å². The molecule has 4 aromatic rings. The smallest absolute Gasteiger partial charge is 0.337 e. The summed E-state index contributed by atoms with van der Waals surface area (Å²) in [6.07, 6.45) is 0.613. The first-order valence-corrected chi connectivity index (χ1v) is 8.80. The summed E-state index contributed by atoms with van der Waals surface area (Å²) in [6, 6.07) is 20.9. The van der Waals surface area contributed by atoms with Crippen molar-refractivity contribution in [2.45, 2.75) is 6.42 Å². The molecule has 0 saturated carbocycles. The van der Waals surface area contributed by atoms with Crippen molar-refractivity contribution in [3.8, 4) is 11.3 Å². The summed E-state index contributed by atoms with van der Waals surface area (Å²) in [5, 5.41) is 0. The van der Waals surface area contributed by atoms with Gasteiger partial charge in [-0.05, 0) is 29.8 Å². The Morgan fingerprint density at radius 2 is 1.68 bits per heavy atom. The zero-order valence-electron chi connectivity index (χ0n) is 15.3. The number of nitrogen functional groups attached to an aromatic ring is 1. The van der Waals surface area contributed by atoms with Gasteiger partial charge in [-0.3, -0.25) is 0 Å². The molecule has 0 bridgehead atoms. The molecule has 2 aromatic carbocycles. The number of hydrogen-bond donors (Lipinski definition) is 1. The summed E-state index contributed by atoms with van der Waals surface area (Å²) in [5.74, 6) is -0.137. The molecule has 0 atom stereocenters. The molecule has 0 spiro atoms. The molecule has 0 aliphatic carbocycles. The number of anilines is 1. The summed E-state index contributed by atoms with van der Waals surface area (Å²) < 4.78 is 4.74. The second-order valence-corrected chi connectivity index (χ2v) is 6.32. The molecule has 2 N–H and O–H groups in total. The fraction of sp³-hybridized carbons (Fsp3) is 0.0909. The summed E-state index contributed by atoms with van der Waals surface area (Å²) in [6.45, 7) is 0. The van der Waals surface area contributed by atoms with Gasteiger partial charge in [-0.2, -0.15) is 0 Å². The van der Waals surface area contributed by atoms with Crippen LogP contribution in [0.2, 0.25) is 0 Å². The van der Waals surface area contributed by atoms with Crippen molar-refractivity contribution in [1.82, 2.24) is 15.0 Å². The lowest BCUT2D eigenvalue weighted by molar-refractivity contribution is 0.0601. The number of rotatable bonds is 4. The first-order chi connectivity index (χ1) is 13.6. The average Bonchev–Trinajstić information content (AvgIpc) is 2.74. The normalized spacial score (nSPS) is 10.8. The fourth-order valence-corrected chi connectivity index (χ4v) is 3.06. The number of hydrogen-bond acceptors (Lipinski definition) is 6. The van der Waals surface area contributed by atoms with Gasteiger partial charge >= 0.3 is 5.97 Å². The van der Waals surface area contributed by atoms with Crippen LogP contribution in [0.15, 0.2) is 66.7 Å². The molecule has 0 saturated heterocycles. The van der Waals surface area contributed by atoms with E-state index in [0.29, 0.717) is 23.0 Å². The lowest BCUT2D eigenvalue weighted by Crippen LogP contribution is -2.03. The Balaban J connectivity index is 1.76. The van der Waals surface area contributed by atoms with Crippen molar-refractivity contribution in [1.29, 1.82) is 0 Å². The quantitative estimate of drug-likeness (QED) is 0.551. The molecule has 2 aromatic heterocycles. The molecule has 138 valence electrons. The van der Waals surface area contributed by atoms with Gasteiger partial charge in [0.05, 0.1) is 29.6 Å². The van der Waals surface area contributed by atoms with E-state index in [2.05, 4.69) is 9.97 Å². The van der Waals surface area contributed by atoms with Gasteiger partial charge in [-0.25, -0.2) is 19.7 Å². The number of methoxy groups -OCH3 is 1. The highest BCUT2D eigenvalue weighted by Gasteiger charge is 2.11. The van der Waals surface area contributed by atoms with Gasteiger partial charge in [0.25, 0.3) is 0 Å². The van der Waals surface area contributed by atoms with E-state index in [9.17, 15) is 4.79 Å². The Morgan fingerprint density at radius 3 is 2.39 bits per heavy atom. The predicted octanol–water partition coefficient (Wildman–Crippen LogP) is 3.65. The van der Waals surface area contributed by atoms with Crippen LogP contribution in [0.4, 0.5) is 5.95 Å². The van der Waals surface area contributed by atoms with Crippen LogP contribution in [0.1, 0.15) is 21.6 Å². The number of aromatic nitrogens is 3. The highest BCUT2D eigenvalue weighted by Crippen LogP contribution is 2.24. The second-order valence-electron chi connectivity index (χ2n) is 6.32. The van der Waals surface area contributed by atoms with Crippen LogP contribution in [0, 0.1) is 0 Å². The lowest BCUT2D eigenvalue weighted by Gasteiger charge is -2.09. The van der Waals surface area contributed by atoms with E-state index in [0.717, 1.165) is 22.5 Å². The van der Waals surface area contributed by atoms with Gasteiger partial charge in [0, 0.05) is 12.0 Å². The van der Waals surface area contributed by atoms with Crippen LogP contribution in [0.3, 0.4) is 0 Å². The maximum atomic E-state index is 11.6. The fourth-order valence-electron chi connectivity index (χ4n) is 3.06. The number of carbonyl (C=O) groups excluding carboxylic acids is 1. The molecule has 2 heterocycles. The van der Waals surface area contributed by atoms with E-state index in [-0.39, 0.29) is 11.9 Å². The van der Waals surface area contributed by atoms with Crippen molar-refractivity contribution in [3.63, 3.8) is 0 Å². The van der Waals surface area contributed by atoms with E-state index in [1.165, 1.54) is 7.11 Å². The van der Waals surface area contributed by atoms with E-state index in [4.69, 9.17) is 15.5 Å². The highest BCUT2D eigenvalue weighted by molar-refractivity contribution is 5.90. The molecule has 4 rings (SSSR count). The van der Waals surface area contributed by atoms with E-state index in [1.54, 1.807) is 12.1 Å². The van der Waals surface area contributed by atoms with E-state index < -0.39 is 0 Å². The number of nitrogens with zero attached hydrogens (tertiary/aromatic N) is 3. The second kappa shape index (κ2) is 7.44. The number of fused-ring (bicyclic) bond motifs is 1. The standard InChI is InChI=1S/C22H18N4O2/c1-28-21(27)16-9-7-15(8-10-16)17-11-12-18-20(24-17)19(26-22(23)25-18)13-14-5-3-2-4-6-14/h2-12H,13H2,1H3,(H2,23,25,26). The number of pyridine rings is 1.